The van der Waals surface area contributed by atoms with E-state index < -0.39 is 0 Å². The molecule has 20 heavy (non-hydrogen) atoms. The molecular formula is C18H28FN. The van der Waals surface area contributed by atoms with Crippen LogP contribution in [0.3, 0.4) is 0 Å². The molecule has 0 saturated heterocycles. The maximum Gasteiger partial charge on any atom is 0.123 e. The maximum atomic E-state index is 13.3. The van der Waals surface area contributed by atoms with Crippen molar-refractivity contribution in [2.75, 3.05) is 6.54 Å². The third-order valence-corrected chi connectivity index (χ3v) is 4.65. The van der Waals surface area contributed by atoms with Crippen molar-refractivity contribution in [3.05, 3.63) is 35.6 Å². The molecular weight excluding hydrogens is 249 g/mol. The molecule has 1 N–H and O–H groups in total. The largest absolute Gasteiger partial charge is 0.310 e. The molecule has 1 saturated carbocycles. The summed E-state index contributed by atoms with van der Waals surface area (Å²) in [7, 11) is 0. The van der Waals surface area contributed by atoms with Crippen molar-refractivity contribution in [3.63, 3.8) is 0 Å². The monoisotopic (exact) mass is 277 g/mol. The Labute approximate surface area is 123 Å². The van der Waals surface area contributed by atoms with Crippen LogP contribution in [0.2, 0.25) is 0 Å². The zero-order valence-electron chi connectivity index (χ0n) is 12.9. The molecule has 2 heteroatoms. The topological polar surface area (TPSA) is 12.0 Å². The number of benzene rings is 1. The van der Waals surface area contributed by atoms with Crippen molar-refractivity contribution in [2.45, 2.75) is 58.4 Å². The van der Waals surface area contributed by atoms with Crippen LogP contribution >= 0.6 is 0 Å². The highest BCUT2D eigenvalue weighted by Crippen LogP contribution is 2.30. The summed E-state index contributed by atoms with van der Waals surface area (Å²) in [6, 6.07) is 7.28. The summed E-state index contributed by atoms with van der Waals surface area (Å²) >= 11 is 0. The van der Waals surface area contributed by atoms with Gasteiger partial charge in [-0.15, -0.1) is 0 Å². The zero-order chi connectivity index (χ0) is 14.4. The highest BCUT2D eigenvalue weighted by atomic mass is 19.1. The maximum absolute atomic E-state index is 13.3. The van der Waals surface area contributed by atoms with E-state index in [2.05, 4.69) is 19.2 Å². The van der Waals surface area contributed by atoms with E-state index in [0.717, 1.165) is 30.4 Å². The van der Waals surface area contributed by atoms with Gasteiger partial charge in [-0.3, -0.25) is 0 Å². The second-order valence-corrected chi connectivity index (χ2v) is 6.40. The van der Waals surface area contributed by atoms with E-state index >= 15 is 0 Å². The Kier molecular flexibility index (Phi) is 6.03. The predicted molar refractivity (Wildman–Crippen MR) is 83.2 cm³/mol. The first-order chi connectivity index (χ1) is 9.69. The van der Waals surface area contributed by atoms with Gasteiger partial charge in [-0.05, 0) is 55.3 Å². The standard InChI is InChI=1S/C18H28FN/c1-3-18(16-8-5-9-17(19)13-16)20-11-10-15-7-4-6-14(2)12-15/h5,8-9,13-15,18,20H,3-4,6-7,10-12H2,1-2H3. The van der Waals surface area contributed by atoms with Gasteiger partial charge in [-0.1, -0.05) is 45.2 Å². The second-order valence-electron chi connectivity index (χ2n) is 6.40. The Hall–Kier alpha value is -0.890. The van der Waals surface area contributed by atoms with E-state index in [1.807, 2.05) is 6.07 Å². The van der Waals surface area contributed by atoms with Gasteiger partial charge in [0.15, 0.2) is 0 Å². The van der Waals surface area contributed by atoms with Crippen molar-refractivity contribution in [1.29, 1.82) is 0 Å². The van der Waals surface area contributed by atoms with Crippen LogP contribution in [0.4, 0.5) is 4.39 Å². The van der Waals surface area contributed by atoms with Gasteiger partial charge in [0.2, 0.25) is 0 Å². The van der Waals surface area contributed by atoms with E-state index in [9.17, 15) is 4.39 Å². The molecule has 0 spiro atoms. The fourth-order valence-electron chi connectivity index (χ4n) is 3.50. The molecule has 3 unspecified atom stereocenters. The van der Waals surface area contributed by atoms with Crippen LogP contribution in [0, 0.1) is 17.7 Å². The predicted octanol–water partition coefficient (Wildman–Crippen LogP) is 5.08. The van der Waals surface area contributed by atoms with Crippen LogP contribution in [-0.4, -0.2) is 6.54 Å². The van der Waals surface area contributed by atoms with Crippen LogP contribution in [0.25, 0.3) is 0 Å². The fourth-order valence-corrected chi connectivity index (χ4v) is 3.50. The van der Waals surface area contributed by atoms with Gasteiger partial charge in [0.05, 0.1) is 0 Å². The number of rotatable bonds is 6. The van der Waals surface area contributed by atoms with Gasteiger partial charge in [0.1, 0.15) is 5.82 Å². The van der Waals surface area contributed by atoms with Crippen molar-refractivity contribution >= 4 is 0 Å². The third-order valence-electron chi connectivity index (χ3n) is 4.65. The second kappa shape index (κ2) is 7.78. The average molecular weight is 277 g/mol. The van der Waals surface area contributed by atoms with Crippen LogP contribution < -0.4 is 5.32 Å². The Balaban J connectivity index is 1.79. The molecule has 0 aromatic heterocycles. The van der Waals surface area contributed by atoms with Gasteiger partial charge in [0.25, 0.3) is 0 Å². The molecule has 1 nitrogen and oxygen atoms in total. The number of hydrogen-bond donors (Lipinski definition) is 1. The van der Waals surface area contributed by atoms with Crippen LogP contribution in [0.5, 0.6) is 0 Å². The van der Waals surface area contributed by atoms with Gasteiger partial charge in [0, 0.05) is 6.04 Å². The highest BCUT2D eigenvalue weighted by molar-refractivity contribution is 5.19. The van der Waals surface area contributed by atoms with Crippen LogP contribution in [0.1, 0.15) is 64.0 Å². The van der Waals surface area contributed by atoms with E-state index in [0.29, 0.717) is 0 Å². The minimum Gasteiger partial charge on any atom is -0.310 e. The highest BCUT2D eigenvalue weighted by Gasteiger charge is 2.19. The minimum atomic E-state index is -0.135. The first-order valence-electron chi connectivity index (χ1n) is 8.18. The first kappa shape index (κ1) is 15.5. The van der Waals surface area contributed by atoms with Gasteiger partial charge >= 0.3 is 0 Å². The van der Waals surface area contributed by atoms with Crippen molar-refractivity contribution < 1.29 is 4.39 Å². The summed E-state index contributed by atoms with van der Waals surface area (Å²) in [5.41, 5.74) is 1.07. The van der Waals surface area contributed by atoms with Crippen LogP contribution in [0.15, 0.2) is 24.3 Å². The molecule has 1 aliphatic rings. The quantitative estimate of drug-likeness (QED) is 0.764. The summed E-state index contributed by atoms with van der Waals surface area (Å²) in [6.07, 6.45) is 7.85. The lowest BCUT2D eigenvalue weighted by Gasteiger charge is -2.27. The molecule has 1 aromatic rings. The van der Waals surface area contributed by atoms with E-state index in [-0.39, 0.29) is 11.9 Å². The van der Waals surface area contributed by atoms with E-state index in [1.165, 1.54) is 38.2 Å². The average Bonchev–Trinajstić information content (AvgIpc) is 2.44. The van der Waals surface area contributed by atoms with Gasteiger partial charge in [-0.2, -0.15) is 0 Å². The van der Waals surface area contributed by atoms with Crippen LogP contribution in [-0.2, 0) is 0 Å². The molecule has 112 valence electrons. The Morgan fingerprint density at radius 1 is 1.35 bits per heavy atom. The summed E-state index contributed by atoms with van der Waals surface area (Å²) < 4.78 is 13.3. The number of hydrogen-bond acceptors (Lipinski definition) is 1. The Morgan fingerprint density at radius 3 is 2.90 bits per heavy atom. The lowest BCUT2D eigenvalue weighted by Crippen LogP contribution is -2.25. The molecule has 0 heterocycles. The summed E-state index contributed by atoms with van der Waals surface area (Å²) in [4.78, 5) is 0. The van der Waals surface area contributed by atoms with Crippen molar-refractivity contribution in [1.82, 2.24) is 5.32 Å². The molecule has 2 rings (SSSR count). The van der Waals surface area contributed by atoms with Gasteiger partial charge in [-0.25, -0.2) is 4.39 Å². The third kappa shape index (κ3) is 4.59. The normalized spacial score (nSPS) is 24.6. The number of nitrogens with one attached hydrogen (secondary N) is 1. The smallest absolute Gasteiger partial charge is 0.123 e. The summed E-state index contributed by atoms with van der Waals surface area (Å²) in [5.74, 6) is 1.65. The SMILES string of the molecule is CCC(NCCC1CCCC(C)C1)c1cccc(F)c1. The zero-order valence-corrected chi connectivity index (χ0v) is 12.9. The Bertz CT molecular complexity index is 404. The number of halogens is 1. The lowest BCUT2D eigenvalue weighted by molar-refractivity contribution is 0.264. The van der Waals surface area contributed by atoms with E-state index in [4.69, 9.17) is 0 Å². The molecule has 1 aliphatic carbocycles. The molecule has 3 atom stereocenters. The molecule has 0 amide bonds. The first-order valence-corrected chi connectivity index (χ1v) is 8.18. The Morgan fingerprint density at radius 2 is 2.20 bits per heavy atom. The molecule has 1 aromatic carbocycles. The molecule has 0 bridgehead atoms. The van der Waals surface area contributed by atoms with Crippen molar-refractivity contribution in [3.8, 4) is 0 Å². The molecule has 0 aliphatic heterocycles. The van der Waals surface area contributed by atoms with E-state index in [1.54, 1.807) is 12.1 Å². The summed E-state index contributed by atoms with van der Waals surface area (Å²) in [5, 5.41) is 3.61. The fraction of sp³-hybridized carbons (Fsp3) is 0.667. The minimum absolute atomic E-state index is 0.135. The van der Waals surface area contributed by atoms with Crippen molar-refractivity contribution in [2.24, 2.45) is 11.8 Å². The lowest BCUT2D eigenvalue weighted by atomic mass is 9.81. The van der Waals surface area contributed by atoms with Gasteiger partial charge < -0.3 is 5.32 Å². The summed E-state index contributed by atoms with van der Waals surface area (Å²) in [6.45, 7) is 5.58. The molecule has 1 fully saturated rings. The molecule has 0 radical (unpaired) electrons.